The monoisotopic (exact) mass is 460 g/mol. The molecule has 5 aliphatic rings. The zero-order chi connectivity index (χ0) is 23.6. The Kier molecular flexibility index (Phi) is 5.42. The van der Waals surface area contributed by atoms with Crippen LogP contribution in [-0.2, 0) is 33.3 Å². The Balaban J connectivity index is 1.49. The number of hydrogen-bond donors (Lipinski definition) is 0. The molecule has 0 spiro atoms. The van der Waals surface area contributed by atoms with Gasteiger partial charge in [0.25, 0.3) is 0 Å². The summed E-state index contributed by atoms with van der Waals surface area (Å²) in [5.41, 5.74) is -0.498. The highest BCUT2D eigenvalue weighted by Crippen LogP contribution is 2.76. The van der Waals surface area contributed by atoms with Gasteiger partial charge in [0.15, 0.2) is 12.4 Å². The molecule has 4 fully saturated rings. The minimum Gasteiger partial charge on any atom is -0.458 e. The normalized spacial score (nSPS) is 45.3. The van der Waals surface area contributed by atoms with Crippen LogP contribution in [0.15, 0.2) is 11.6 Å². The molecule has 0 amide bonds. The summed E-state index contributed by atoms with van der Waals surface area (Å²) >= 11 is 0. The SMILES string of the molecule is CCOCO[C@]1(C(=O)COC(C)=O)CC[C@H]2C34CCC5=CC(=O)CC[C@]5(C)[C@@H]3C(C[C@@]21C)O4. The van der Waals surface area contributed by atoms with Crippen LogP contribution in [0.25, 0.3) is 0 Å². The van der Waals surface area contributed by atoms with Gasteiger partial charge in [-0.15, -0.1) is 0 Å². The molecule has 3 saturated carbocycles. The Labute approximate surface area is 195 Å². The third-order valence-corrected chi connectivity index (χ3v) is 9.84. The van der Waals surface area contributed by atoms with Crippen molar-refractivity contribution in [3.8, 4) is 0 Å². The summed E-state index contributed by atoms with van der Waals surface area (Å²) in [6.45, 7) is 7.97. The van der Waals surface area contributed by atoms with E-state index < -0.39 is 17.0 Å². The van der Waals surface area contributed by atoms with Crippen molar-refractivity contribution in [2.24, 2.45) is 22.7 Å². The van der Waals surface area contributed by atoms with Gasteiger partial charge in [0.05, 0.1) is 11.7 Å². The molecule has 1 heterocycles. The van der Waals surface area contributed by atoms with Crippen LogP contribution in [0.1, 0.15) is 72.6 Å². The van der Waals surface area contributed by atoms with Crippen LogP contribution in [0.2, 0.25) is 0 Å². The minimum atomic E-state index is -1.05. The molecule has 1 aliphatic heterocycles. The molecule has 0 radical (unpaired) electrons. The number of Topliss-reactive ketones (excluding diaryl/α,β-unsaturated/α-hetero) is 1. The van der Waals surface area contributed by atoms with Crippen molar-refractivity contribution in [1.82, 2.24) is 0 Å². The van der Waals surface area contributed by atoms with E-state index >= 15 is 0 Å². The average molecular weight is 461 g/mol. The van der Waals surface area contributed by atoms with E-state index in [4.69, 9.17) is 18.9 Å². The minimum absolute atomic E-state index is 0.0183. The van der Waals surface area contributed by atoms with Crippen LogP contribution >= 0.6 is 0 Å². The number of rotatable bonds is 7. The fourth-order valence-corrected chi connectivity index (χ4v) is 8.51. The van der Waals surface area contributed by atoms with Crippen molar-refractivity contribution < 1.29 is 33.3 Å². The van der Waals surface area contributed by atoms with Crippen molar-refractivity contribution in [3.05, 3.63) is 11.6 Å². The maximum absolute atomic E-state index is 13.6. The summed E-state index contributed by atoms with van der Waals surface area (Å²) in [4.78, 5) is 37.2. The van der Waals surface area contributed by atoms with Gasteiger partial charge in [-0.25, -0.2) is 0 Å². The van der Waals surface area contributed by atoms with Gasteiger partial charge in [-0.05, 0) is 62.9 Å². The van der Waals surface area contributed by atoms with Crippen LogP contribution in [0.5, 0.6) is 0 Å². The summed E-state index contributed by atoms with van der Waals surface area (Å²) < 4.78 is 23.6. The van der Waals surface area contributed by atoms with E-state index in [0.29, 0.717) is 25.4 Å². The molecular weight excluding hydrogens is 424 g/mol. The summed E-state index contributed by atoms with van der Waals surface area (Å²) in [5, 5.41) is 0. The highest BCUT2D eigenvalue weighted by atomic mass is 16.7. The van der Waals surface area contributed by atoms with Gasteiger partial charge < -0.3 is 18.9 Å². The van der Waals surface area contributed by atoms with Gasteiger partial charge in [0.1, 0.15) is 12.4 Å². The molecule has 7 nitrogen and oxygen atoms in total. The van der Waals surface area contributed by atoms with Crippen LogP contribution in [-0.4, -0.2) is 54.8 Å². The molecule has 5 rings (SSSR count). The molecular formula is C26H36O7. The lowest BCUT2D eigenvalue weighted by atomic mass is 9.40. The van der Waals surface area contributed by atoms with Gasteiger partial charge in [-0.1, -0.05) is 19.4 Å². The van der Waals surface area contributed by atoms with Gasteiger partial charge in [0, 0.05) is 31.3 Å². The van der Waals surface area contributed by atoms with Crippen molar-refractivity contribution in [1.29, 1.82) is 0 Å². The molecule has 4 aliphatic carbocycles. The van der Waals surface area contributed by atoms with Gasteiger partial charge in [0.2, 0.25) is 5.78 Å². The van der Waals surface area contributed by atoms with Gasteiger partial charge >= 0.3 is 5.97 Å². The molecule has 1 saturated heterocycles. The van der Waals surface area contributed by atoms with Gasteiger partial charge in [-0.2, -0.15) is 0 Å². The second-order valence-corrected chi connectivity index (χ2v) is 11.1. The molecule has 0 N–H and O–H groups in total. The standard InChI is InChI=1S/C26H36O7/c1-5-30-15-32-26(21(29)14-31-16(2)27)11-8-20-24(26,4)13-19-22-23(3)9-7-18(28)12-17(23)6-10-25(20,22)33-19/h12,19-20,22H,5-11,13-15H2,1-4H3/t19?,20-,22+,23+,24+,25?,26+/m1/s1. The molecule has 2 unspecified atom stereocenters. The number of esters is 1. The number of ketones is 2. The molecule has 2 bridgehead atoms. The first-order valence-corrected chi connectivity index (χ1v) is 12.4. The third kappa shape index (κ3) is 3.01. The highest BCUT2D eigenvalue weighted by molar-refractivity contribution is 5.92. The molecule has 7 heteroatoms. The quantitative estimate of drug-likeness (QED) is 0.326. The Morgan fingerprint density at radius 1 is 1.18 bits per heavy atom. The van der Waals surface area contributed by atoms with E-state index in [2.05, 4.69) is 13.8 Å². The third-order valence-electron chi connectivity index (χ3n) is 9.84. The average Bonchev–Trinajstić information content (AvgIpc) is 3.06. The number of ether oxygens (including phenoxy) is 4. The second kappa shape index (κ2) is 7.72. The zero-order valence-electron chi connectivity index (χ0n) is 20.2. The summed E-state index contributed by atoms with van der Waals surface area (Å²) in [7, 11) is 0. The van der Waals surface area contributed by atoms with Crippen molar-refractivity contribution >= 4 is 17.5 Å². The summed E-state index contributed by atoms with van der Waals surface area (Å²) in [5.74, 6) is 0.126. The molecule has 0 aromatic rings. The predicted molar refractivity (Wildman–Crippen MR) is 118 cm³/mol. The van der Waals surface area contributed by atoms with E-state index in [9.17, 15) is 14.4 Å². The lowest BCUT2D eigenvalue weighted by Gasteiger charge is -2.74. The number of fused-ring (bicyclic) bond motifs is 2. The van der Waals surface area contributed by atoms with Gasteiger partial charge in [-0.3, -0.25) is 14.4 Å². The largest absolute Gasteiger partial charge is 0.458 e. The number of hydrogen-bond acceptors (Lipinski definition) is 7. The number of carbonyl (C=O) groups excluding carboxylic acids is 3. The Morgan fingerprint density at radius 3 is 2.70 bits per heavy atom. The van der Waals surface area contributed by atoms with Crippen molar-refractivity contribution in [2.75, 3.05) is 20.0 Å². The smallest absolute Gasteiger partial charge is 0.303 e. The van der Waals surface area contributed by atoms with Crippen molar-refractivity contribution in [2.45, 2.75) is 89.9 Å². The Bertz CT molecular complexity index is 910. The lowest BCUT2D eigenvalue weighted by Crippen LogP contribution is -2.78. The first kappa shape index (κ1) is 23.2. The van der Waals surface area contributed by atoms with E-state index in [1.54, 1.807) is 0 Å². The lowest BCUT2D eigenvalue weighted by molar-refractivity contribution is -0.382. The zero-order valence-corrected chi connectivity index (χ0v) is 20.2. The number of allylic oxidation sites excluding steroid dienone is 1. The fourth-order valence-electron chi connectivity index (χ4n) is 8.51. The first-order valence-electron chi connectivity index (χ1n) is 12.4. The molecule has 0 aromatic carbocycles. The predicted octanol–water partition coefficient (Wildman–Crippen LogP) is 3.53. The fraction of sp³-hybridized carbons (Fsp3) is 0.808. The maximum atomic E-state index is 13.6. The summed E-state index contributed by atoms with van der Waals surface area (Å²) in [6.07, 6.45) is 7.27. The van der Waals surface area contributed by atoms with Crippen LogP contribution < -0.4 is 0 Å². The van der Waals surface area contributed by atoms with Crippen molar-refractivity contribution in [3.63, 3.8) is 0 Å². The molecule has 0 aromatic heterocycles. The highest BCUT2D eigenvalue weighted by Gasteiger charge is 2.79. The summed E-state index contributed by atoms with van der Waals surface area (Å²) in [6, 6.07) is 0. The van der Waals surface area contributed by atoms with E-state index in [-0.39, 0.29) is 48.0 Å². The molecule has 33 heavy (non-hydrogen) atoms. The van der Waals surface area contributed by atoms with Crippen LogP contribution in [0.4, 0.5) is 0 Å². The van der Waals surface area contributed by atoms with Crippen LogP contribution in [0.3, 0.4) is 0 Å². The van der Waals surface area contributed by atoms with Crippen LogP contribution in [0, 0.1) is 22.7 Å². The second-order valence-electron chi connectivity index (χ2n) is 11.1. The van der Waals surface area contributed by atoms with E-state index in [1.165, 1.54) is 12.5 Å². The molecule has 182 valence electrons. The Morgan fingerprint density at radius 2 is 1.97 bits per heavy atom. The Hall–Kier alpha value is -1.57. The molecule has 7 atom stereocenters. The maximum Gasteiger partial charge on any atom is 0.303 e. The van der Waals surface area contributed by atoms with E-state index in [0.717, 1.165) is 32.1 Å². The number of carbonyl (C=O) groups is 3. The topological polar surface area (TPSA) is 88.1 Å². The van der Waals surface area contributed by atoms with E-state index in [1.807, 2.05) is 13.0 Å². The first-order chi connectivity index (χ1) is 15.6.